The summed E-state index contributed by atoms with van der Waals surface area (Å²) in [6.07, 6.45) is -0.595. The average molecular weight is 398 g/mol. The van der Waals surface area contributed by atoms with Crippen LogP contribution in [0.5, 0.6) is 0 Å². The fourth-order valence-corrected chi connectivity index (χ4v) is 3.16. The van der Waals surface area contributed by atoms with Crippen LogP contribution in [-0.2, 0) is 9.47 Å². The predicted molar refractivity (Wildman–Crippen MR) is 94.1 cm³/mol. The maximum atomic E-state index is 12.3. The molecule has 1 aromatic heterocycles. The molecule has 0 spiro atoms. The molecule has 5 nitrogen and oxygen atoms in total. The van der Waals surface area contributed by atoms with Crippen LogP contribution in [0.2, 0.25) is 0 Å². The molecular weight excluding hydrogens is 382 g/mol. The topological polar surface area (TPSA) is 64.6 Å². The molecule has 0 aliphatic carbocycles. The van der Waals surface area contributed by atoms with E-state index in [0.29, 0.717) is 16.1 Å². The number of halogens is 1. The molecule has 122 valence electrons. The van der Waals surface area contributed by atoms with Crippen molar-refractivity contribution in [3.05, 3.63) is 39.7 Å². The summed E-state index contributed by atoms with van der Waals surface area (Å²) in [5, 5.41) is 4.83. The van der Waals surface area contributed by atoms with Crippen molar-refractivity contribution in [2.75, 3.05) is 18.5 Å². The van der Waals surface area contributed by atoms with Crippen LogP contribution in [0.1, 0.15) is 24.2 Å². The van der Waals surface area contributed by atoms with E-state index in [9.17, 15) is 9.59 Å². The molecule has 2 rings (SSSR count). The summed E-state index contributed by atoms with van der Waals surface area (Å²) >= 11 is 4.64. The van der Waals surface area contributed by atoms with Crippen molar-refractivity contribution in [2.45, 2.75) is 13.8 Å². The van der Waals surface area contributed by atoms with Gasteiger partial charge in [0.15, 0.2) is 0 Å². The Morgan fingerprint density at radius 1 is 1.13 bits per heavy atom. The van der Waals surface area contributed by atoms with Crippen LogP contribution in [0.3, 0.4) is 0 Å². The van der Waals surface area contributed by atoms with Gasteiger partial charge in [-0.1, -0.05) is 28.1 Å². The van der Waals surface area contributed by atoms with Gasteiger partial charge in [0.25, 0.3) is 0 Å². The minimum absolute atomic E-state index is 0.255. The first-order chi connectivity index (χ1) is 11.1. The lowest BCUT2D eigenvalue weighted by Gasteiger charge is -2.08. The Morgan fingerprint density at radius 2 is 1.78 bits per heavy atom. The highest BCUT2D eigenvalue weighted by molar-refractivity contribution is 9.10. The summed E-state index contributed by atoms with van der Waals surface area (Å²) in [5.41, 5.74) is 1.92. The smallest absolute Gasteiger partial charge is 0.412 e. The van der Waals surface area contributed by atoms with Gasteiger partial charge in [-0.15, -0.1) is 11.3 Å². The molecule has 0 aliphatic heterocycles. The highest BCUT2D eigenvalue weighted by Gasteiger charge is 2.23. The van der Waals surface area contributed by atoms with Gasteiger partial charge in [-0.05, 0) is 31.5 Å². The molecule has 0 saturated carbocycles. The minimum atomic E-state index is -0.595. The predicted octanol–water partition coefficient (Wildman–Crippen LogP) is 4.92. The lowest BCUT2D eigenvalue weighted by atomic mass is 10.0. The van der Waals surface area contributed by atoms with Gasteiger partial charge >= 0.3 is 12.1 Å². The van der Waals surface area contributed by atoms with Gasteiger partial charge in [-0.2, -0.15) is 0 Å². The molecule has 0 saturated heterocycles. The van der Waals surface area contributed by atoms with Crippen molar-refractivity contribution in [3.8, 4) is 11.1 Å². The number of hydrogen-bond donors (Lipinski definition) is 1. The molecular formula is C16H16BrNO4S. The number of hydrogen-bond acceptors (Lipinski definition) is 5. The van der Waals surface area contributed by atoms with Crippen LogP contribution in [0.4, 0.5) is 9.80 Å². The Hall–Kier alpha value is -1.86. The monoisotopic (exact) mass is 397 g/mol. The molecule has 2 aromatic rings. The number of nitrogens with one attached hydrogen (secondary N) is 1. The van der Waals surface area contributed by atoms with Crippen molar-refractivity contribution in [3.63, 3.8) is 0 Å². The van der Waals surface area contributed by atoms with E-state index in [1.807, 2.05) is 29.6 Å². The van der Waals surface area contributed by atoms with Crippen LogP contribution >= 0.6 is 27.3 Å². The Labute approximate surface area is 146 Å². The maximum Gasteiger partial charge on any atom is 0.412 e. The van der Waals surface area contributed by atoms with Crippen molar-refractivity contribution < 1.29 is 19.1 Å². The second-order valence-corrected chi connectivity index (χ2v) is 6.22. The van der Waals surface area contributed by atoms with Crippen molar-refractivity contribution in [2.24, 2.45) is 0 Å². The maximum absolute atomic E-state index is 12.3. The number of ether oxygens (including phenoxy) is 2. The summed E-state index contributed by atoms with van der Waals surface area (Å²) in [7, 11) is 0. The van der Waals surface area contributed by atoms with E-state index in [1.54, 1.807) is 13.8 Å². The van der Waals surface area contributed by atoms with E-state index in [-0.39, 0.29) is 13.2 Å². The van der Waals surface area contributed by atoms with Gasteiger partial charge in [0.1, 0.15) is 10.6 Å². The molecule has 0 fully saturated rings. The Balaban J connectivity index is 2.42. The Morgan fingerprint density at radius 3 is 2.39 bits per heavy atom. The van der Waals surface area contributed by atoms with Gasteiger partial charge in [0, 0.05) is 15.4 Å². The summed E-state index contributed by atoms with van der Waals surface area (Å²) in [6.45, 7) is 3.97. The lowest BCUT2D eigenvalue weighted by molar-refractivity contribution is 0.0529. The Kier molecular flexibility index (Phi) is 6.18. The van der Waals surface area contributed by atoms with Crippen molar-refractivity contribution in [1.29, 1.82) is 0 Å². The first-order valence-electron chi connectivity index (χ1n) is 7.05. The number of amides is 1. The zero-order valence-corrected chi connectivity index (χ0v) is 15.1. The lowest BCUT2D eigenvalue weighted by Crippen LogP contribution is -2.15. The van der Waals surface area contributed by atoms with Crippen molar-refractivity contribution in [1.82, 2.24) is 0 Å². The van der Waals surface area contributed by atoms with Crippen LogP contribution in [0, 0.1) is 0 Å². The molecule has 0 radical (unpaired) electrons. The number of carbonyl (C=O) groups is 2. The molecule has 0 atom stereocenters. The molecule has 0 unspecified atom stereocenters. The van der Waals surface area contributed by atoms with Gasteiger partial charge in [-0.25, -0.2) is 9.59 Å². The highest BCUT2D eigenvalue weighted by Crippen LogP contribution is 2.36. The molecule has 23 heavy (non-hydrogen) atoms. The molecule has 0 aliphatic rings. The standard InChI is InChI=1S/C16H16BrNO4S/c1-3-21-15(19)13-12(10-5-7-11(17)8-6-10)9-23-14(13)18-16(20)22-4-2/h5-9H,3-4H2,1-2H3,(H,18,20). The molecule has 7 heteroatoms. The third kappa shape index (κ3) is 4.33. The van der Waals surface area contributed by atoms with Gasteiger partial charge in [0.2, 0.25) is 0 Å². The number of thiophene rings is 1. The summed E-state index contributed by atoms with van der Waals surface area (Å²) in [5.74, 6) is -0.474. The highest BCUT2D eigenvalue weighted by atomic mass is 79.9. The number of anilines is 1. The fraction of sp³-hybridized carbons (Fsp3) is 0.250. The van der Waals surface area contributed by atoms with Gasteiger partial charge in [0.05, 0.1) is 13.2 Å². The number of benzene rings is 1. The number of esters is 1. The first kappa shape index (κ1) is 17.5. The SMILES string of the molecule is CCOC(=O)Nc1scc(-c2ccc(Br)cc2)c1C(=O)OCC. The van der Waals surface area contributed by atoms with Crippen molar-refractivity contribution >= 4 is 44.3 Å². The third-order valence-corrected chi connectivity index (χ3v) is 4.34. The molecule has 1 N–H and O–H groups in total. The van der Waals surface area contributed by atoms with Crippen LogP contribution in [-0.4, -0.2) is 25.3 Å². The summed E-state index contributed by atoms with van der Waals surface area (Å²) in [6, 6.07) is 7.56. The van der Waals surface area contributed by atoms with E-state index < -0.39 is 12.1 Å². The summed E-state index contributed by atoms with van der Waals surface area (Å²) < 4.78 is 10.9. The summed E-state index contributed by atoms with van der Waals surface area (Å²) in [4.78, 5) is 24.0. The number of rotatable bonds is 5. The third-order valence-electron chi connectivity index (χ3n) is 2.92. The zero-order valence-electron chi connectivity index (χ0n) is 12.7. The second-order valence-electron chi connectivity index (χ2n) is 4.43. The van der Waals surface area contributed by atoms with Crippen LogP contribution in [0.25, 0.3) is 11.1 Å². The normalized spacial score (nSPS) is 10.2. The molecule has 1 aromatic carbocycles. The molecule has 1 amide bonds. The Bertz CT molecular complexity index is 697. The van der Waals surface area contributed by atoms with Crippen LogP contribution in [0.15, 0.2) is 34.1 Å². The second kappa shape index (κ2) is 8.12. The van der Waals surface area contributed by atoms with Crippen LogP contribution < -0.4 is 5.32 Å². The average Bonchev–Trinajstić information content (AvgIpc) is 2.92. The van der Waals surface area contributed by atoms with Gasteiger partial charge in [-0.3, -0.25) is 5.32 Å². The van der Waals surface area contributed by atoms with Gasteiger partial charge < -0.3 is 9.47 Å². The zero-order chi connectivity index (χ0) is 16.8. The number of carbonyl (C=O) groups excluding carboxylic acids is 2. The first-order valence-corrected chi connectivity index (χ1v) is 8.72. The minimum Gasteiger partial charge on any atom is -0.462 e. The largest absolute Gasteiger partial charge is 0.462 e. The molecule has 1 heterocycles. The van der Waals surface area contributed by atoms with E-state index in [0.717, 1.165) is 10.0 Å². The fourth-order valence-electron chi connectivity index (χ4n) is 1.96. The quantitative estimate of drug-likeness (QED) is 0.726. The van der Waals surface area contributed by atoms with E-state index in [4.69, 9.17) is 9.47 Å². The van der Waals surface area contributed by atoms with E-state index in [1.165, 1.54) is 11.3 Å². The van der Waals surface area contributed by atoms with E-state index in [2.05, 4.69) is 21.2 Å². The van der Waals surface area contributed by atoms with E-state index >= 15 is 0 Å². The molecule has 0 bridgehead atoms.